The van der Waals surface area contributed by atoms with Crippen LogP contribution in [0.3, 0.4) is 0 Å². The molecule has 0 bridgehead atoms. The third kappa shape index (κ3) is 5.67. The second kappa shape index (κ2) is 7.61. The summed E-state index contributed by atoms with van der Waals surface area (Å²) in [5, 5.41) is 0. The van der Waals surface area contributed by atoms with Gasteiger partial charge in [0.25, 0.3) is 0 Å². The van der Waals surface area contributed by atoms with Crippen LogP contribution in [0.25, 0.3) is 0 Å². The summed E-state index contributed by atoms with van der Waals surface area (Å²) in [5.41, 5.74) is -1.38. The van der Waals surface area contributed by atoms with Crippen molar-refractivity contribution in [3.05, 3.63) is 35.4 Å². The summed E-state index contributed by atoms with van der Waals surface area (Å²) < 4.78 is 71.0. The molecule has 0 amide bonds. The summed E-state index contributed by atoms with van der Waals surface area (Å²) in [6.45, 7) is 6.43. The van der Waals surface area contributed by atoms with Gasteiger partial charge in [-0.05, 0) is 25.5 Å². The molecule has 0 atom stereocenters. The maximum absolute atomic E-state index is 13.0. The standard InChI is InChI=1S/C16H23F3N2O3S/c1-15(2)12-24-10-9-21(15)8-7-20-25(22,23)11-13-5-3-4-6-14(13)16(17,18)19/h3-6,20H,7-12H2,1-2H3. The van der Waals surface area contributed by atoms with Gasteiger partial charge in [0.15, 0.2) is 0 Å². The first-order valence-electron chi connectivity index (χ1n) is 7.96. The largest absolute Gasteiger partial charge is 0.416 e. The minimum absolute atomic E-state index is 0.139. The summed E-state index contributed by atoms with van der Waals surface area (Å²) in [4.78, 5) is 2.10. The number of nitrogens with one attached hydrogen (secondary N) is 1. The number of rotatable bonds is 6. The van der Waals surface area contributed by atoms with Gasteiger partial charge in [-0.2, -0.15) is 13.2 Å². The molecule has 0 spiro atoms. The molecule has 9 heteroatoms. The maximum Gasteiger partial charge on any atom is 0.416 e. The second-order valence-corrected chi connectivity index (χ2v) is 8.47. The van der Waals surface area contributed by atoms with Crippen molar-refractivity contribution >= 4 is 10.0 Å². The van der Waals surface area contributed by atoms with Crippen molar-refractivity contribution in [1.29, 1.82) is 0 Å². The summed E-state index contributed by atoms with van der Waals surface area (Å²) in [7, 11) is -3.86. The van der Waals surface area contributed by atoms with Crippen LogP contribution in [0, 0.1) is 0 Å². The maximum atomic E-state index is 13.0. The molecule has 0 radical (unpaired) electrons. The van der Waals surface area contributed by atoms with E-state index in [0.717, 1.165) is 6.07 Å². The van der Waals surface area contributed by atoms with E-state index in [1.54, 1.807) is 0 Å². The molecule has 1 saturated heterocycles. The Balaban J connectivity index is 1.97. The second-order valence-electron chi connectivity index (χ2n) is 6.66. The van der Waals surface area contributed by atoms with Gasteiger partial charge in [-0.15, -0.1) is 0 Å². The molecule has 25 heavy (non-hydrogen) atoms. The molecule has 5 nitrogen and oxygen atoms in total. The van der Waals surface area contributed by atoms with E-state index in [2.05, 4.69) is 9.62 Å². The molecule has 1 aromatic rings. The van der Waals surface area contributed by atoms with E-state index in [-0.39, 0.29) is 17.6 Å². The molecule has 0 unspecified atom stereocenters. The molecular weight excluding hydrogens is 357 g/mol. The summed E-state index contributed by atoms with van der Waals surface area (Å²) in [6.07, 6.45) is -4.58. The molecule has 1 N–H and O–H groups in total. The first kappa shape index (κ1) is 20.2. The summed E-state index contributed by atoms with van der Waals surface area (Å²) in [5.74, 6) is -0.699. The van der Waals surface area contributed by atoms with Crippen molar-refractivity contribution in [2.75, 3.05) is 32.8 Å². The number of sulfonamides is 1. The monoisotopic (exact) mass is 380 g/mol. The third-order valence-corrected chi connectivity index (χ3v) is 5.52. The summed E-state index contributed by atoms with van der Waals surface area (Å²) >= 11 is 0. The van der Waals surface area contributed by atoms with Crippen LogP contribution in [0.5, 0.6) is 0 Å². The number of halogens is 3. The molecule has 1 heterocycles. The molecule has 0 saturated carbocycles. The fraction of sp³-hybridized carbons (Fsp3) is 0.625. The number of morpholine rings is 1. The molecule has 142 valence electrons. The number of hydrogen-bond acceptors (Lipinski definition) is 4. The van der Waals surface area contributed by atoms with Crippen molar-refractivity contribution < 1.29 is 26.3 Å². The van der Waals surface area contributed by atoms with Gasteiger partial charge in [0.1, 0.15) is 0 Å². The van der Waals surface area contributed by atoms with Gasteiger partial charge < -0.3 is 4.74 Å². The van der Waals surface area contributed by atoms with Gasteiger partial charge in [0.2, 0.25) is 10.0 Å². The first-order chi connectivity index (χ1) is 11.5. The highest BCUT2D eigenvalue weighted by Gasteiger charge is 2.34. The molecule has 0 aliphatic carbocycles. The van der Waals surface area contributed by atoms with Crippen LogP contribution in [-0.2, 0) is 26.7 Å². The van der Waals surface area contributed by atoms with E-state index < -0.39 is 27.5 Å². The molecule has 1 aromatic carbocycles. The molecular formula is C16H23F3N2O3S. The van der Waals surface area contributed by atoms with E-state index in [0.29, 0.717) is 26.3 Å². The Morgan fingerprint density at radius 2 is 1.96 bits per heavy atom. The lowest BCUT2D eigenvalue weighted by Gasteiger charge is -2.42. The van der Waals surface area contributed by atoms with Crippen molar-refractivity contribution in [3.8, 4) is 0 Å². The van der Waals surface area contributed by atoms with E-state index in [4.69, 9.17) is 4.74 Å². The zero-order valence-electron chi connectivity index (χ0n) is 14.3. The van der Waals surface area contributed by atoms with E-state index in [1.165, 1.54) is 18.2 Å². The molecule has 1 aliphatic rings. The fourth-order valence-electron chi connectivity index (χ4n) is 2.82. The highest BCUT2D eigenvalue weighted by molar-refractivity contribution is 7.88. The minimum Gasteiger partial charge on any atom is -0.378 e. The van der Waals surface area contributed by atoms with Crippen molar-refractivity contribution in [2.24, 2.45) is 0 Å². The van der Waals surface area contributed by atoms with Crippen molar-refractivity contribution in [2.45, 2.75) is 31.3 Å². The quantitative estimate of drug-likeness (QED) is 0.822. The van der Waals surface area contributed by atoms with Crippen molar-refractivity contribution in [3.63, 3.8) is 0 Å². The van der Waals surface area contributed by atoms with Crippen molar-refractivity contribution in [1.82, 2.24) is 9.62 Å². The Labute approximate surface area is 146 Å². The average Bonchev–Trinajstić information content (AvgIpc) is 2.47. The minimum atomic E-state index is -4.58. The van der Waals surface area contributed by atoms with Gasteiger partial charge in [-0.1, -0.05) is 18.2 Å². The normalized spacial score (nSPS) is 19.1. The third-order valence-electron chi connectivity index (χ3n) is 4.19. The summed E-state index contributed by atoms with van der Waals surface area (Å²) in [6, 6.07) is 4.72. The number of hydrogen-bond donors (Lipinski definition) is 1. The van der Waals surface area contributed by atoms with Crippen LogP contribution in [-0.4, -0.2) is 51.7 Å². The zero-order chi connectivity index (χ0) is 18.7. The Morgan fingerprint density at radius 1 is 1.28 bits per heavy atom. The fourth-order valence-corrected chi connectivity index (χ4v) is 3.99. The first-order valence-corrected chi connectivity index (χ1v) is 9.62. The highest BCUT2D eigenvalue weighted by Crippen LogP contribution is 2.32. The number of ether oxygens (including phenoxy) is 1. The van der Waals surface area contributed by atoms with Crippen LogP contribution in [0.4, 0.5) is 13.2 Å². The van der Waals surface area contributed by atoms with Gasteiger partial charge in [0.05, 0.1) is 24.5 Å². The Hall–Kier alpha value is -1.16. The molecule has 1 aliphatic heterocycles. The smallest absolute Gasteiger partial charge is 0.378 e. The van der Waals surface area contributed by atoms with Gasteiger partial charge in [-0.25, -0.2) is 13.1 Å². The topological polar surface area (TPSA) is 58.6 Å². The predicted octanol–water partition coefficient (Wildman–Crippen LogP) is 2.24. The predicted molar refractivity (Wildman–Crippen MR) is 88.5 cm³/mol. The lowest BCUT2D eigenvalue weighted by Crippen LogP contribution is -2.54. The highest BCUT2D eigenvalue weighted by atomic mass is 32.2. The number of alkyl halides is 3. The number of nitrogens with zero attached hydrogens (tertiary/aromatic N) is 1. The Bertz CT molecular complexity index is 690. The van der Waals surface area contributed by atoms with Gasteiger partial charge >= 0.3 is 6.18 Å². The molecule has 2 rings (SSSR count). The van der Waals surface area contributed by atoms with Gasteiger partial charge in [0, 0.05) is 25.2 Å². The average molecular weight is 380 g/mol. The van der Waals surface area contributed by atoms with Gasteiger partial charge in [-0.3, -0.25) is 4.90 Å². The van der Waals surface area contributed by atoms with Crippen LogP contribution < -0.4 is 4.72 Å². The number of benzene rings is 1. The van der Waals surface area contributed by atoms with E-state index >= 15 is 0 Å². The van der Waals surface area contributed by atoms with Crippen LogP contribution in [0.2, 0.25) is 0 Å². The lowest BCUT2D eigenvalue weighted by atomic mass is 10.0. The van der Waals surface area contributed by atoms with Crippen LogP contribution >= 0.6 is 0 Å². The lowest BCUT2D eigenvalue weighted by molar-refractivity contribution is -0.138. The van der Waals surface area contributed by atoms with Crippen LogP contribution in [0.1, 0.15) is 25.0 Å². The Morgan fingerprint density at radius 3 is 2.60 bits per heavy atom. The Kier molecular flexibility index (Phi) is 6.13. The van der Waals surface area contributed by atoms with E-state index in [9.17, 15) is 21.6 Å². The van der Waals surface area contributed by atoms with E-state index in [1.807, 2.05) is 13.8 Å². The molecule has 1 fully saturated rings. The SMILES string of the molecule is CC1(C)COCCN1CCNS(=O)(=O)Cc1ccccc1C(F)(F)F. The zero-order valence-corrected chi connectivity index (χ0v) is 15.1. The van der Waals surface area contributed by atoms with Crippen LogP contribution in [0.15, 0.2) is 24.3 Å². The molecule has 0 aromatic heterocycles.